The van der Waals surface area contributed by atoms with Crippen LogP contribution in [-0.4, -0.2) is 47.7 Å². The van der Waals surface area contributed by atoms with E-state index in [0.29, 0.717) is 11.8 Å². The smallest absolute Gasteiger partial charge is 0.226 e. The van der Waals surface area contributed by atoms with Crippen LogP contribution >= 0.6 is 24.0 Å². The molecule has 1 aromatic carbocycles. The lowest BCUT2D eigenvalue weighted by Crippen LogP contribution is -2.40. The molecule has 148 valence electrons. The molecule has 1 fully saturated rings. The molecule has 0 amide bonds. The lowest BCUT2D eigenvalue weighted by atomic mass is 9.99. The van der Waals surface area contributed by atoms with Gasteiger partial charge in [0.25, 0.3) is 0 Å². The van der Waals surface area contributed by atoms with Crippen molar-refractivity contribution in [3.8, 4) is 0 Å². The zero-order valence-corrected chi connectivity index (χ0v) is 18.7. The summed E-state index contributed by atoms with van der Waals surface area (Å²) < 4.78 is 5.29. The van der Waals surface area contributed by atoms with Crippen LogP contribution in [0.2, 0.25) is 0 Å². The monoisotopic (exact) mass is 483 g/mol. The zero-order valence-electron chi connectivity index (χ0n) is 16.4. The van der Waals surface area contributed by atoms with Gasteiger partial charge in [0.2, 0.25) is 5.89 Å². The second-order valence-corrected chi connectivity index (χ2v) is 7.12. The van der Waals surface area contributed by atoms with Gasteiger partial charge in [-0.2, -0.15) is 4.98 Å². The van der Waals surface area contributed by atoms with Crippen molar-refractivity contribution >= 4 is 29.9 Å². The second kappa shape index (κ2) is 10.6. The highest BCUT2D eigenvalue weighted by Gasteiger charge is 2.25. The summed E-state index contributed by atoms with van der Waals surface area (Å²) in [6.07, 6.45) is 2.90. The fourth-order valence-corrected chi connectivity index (χ4v) is 3.33. The molecule has 6 nitrogen and oxygen atoms in total. The third kappa shape index (κ3) is 5.92. The molecule has 1 aliphatic rings. The van der Waals surface area contributed by atoms with Crippen molar-refractivity contribution in [2.75, 3.05) is 26.7 Å². The Hall–Kier alpha value is -1.64. The van der Waals surface area contributed by atoms with E-state index in [2.05, 4.69) is 69.5 Å². The minimum atomic E-state index is 0. The van der Waals surface area contributed by atoms with Crippen molar-refractivity contribution in [2.24, 2.45) is 4.99 Å². The van der Waals surface area contributed by atoms with Crippen molar-refractivity contribution in [1.29, 1.82) is 0 Å². The Morgan fingerprint density at radius 3 is 2.78 bits per heavy atom. The molecule has 0 aliphatic carbocycles. The van der Waals surface area contributed by atoms with Crippen LogP contribution in [0.1, 0.15) is 55.8 Å². The number of hydrogen-bond donors (Lipinski definition) is 1. The van der Waals surface area contributed by atoms with E-state index < -0.39 is 0 Å². The first kappa shape index (κ1) is 21.7. The molecule has 0 bridgehead atoms. The van der Waals surface area contributed by atoms with E-state index in [0.717, 1.165) is 50.2 Å². The predicted octanol–water partition coefficient (Wildman–Crippen LogP) is 3.81. The minimum absolute atomic E-state index is 0. The van der Waals surface area contributed by atoms with Crippen LogP contribution in [0, 0.1) is 0 Å². The highest BCUT2D eigenvalue weighted by Crippen LogP contribution is 2.26. The Bertz CT molecular complexity index is 716. The van der Waals surface area contributed by atoms with Crippen molar-refractivity contribution in [3.05, 3.63) is 47.6 Å². The molecule has 1 unspecified atom stereocenters. The van der Waals surface area contributed by atoms with Crippen LogP contribution in [0.4, 0.5) is 0 Å². The first-order chi connectivity index (χ1) is 12.7. The largest absolute Gasteiger partial charge is 0.356 e. The molecule has 0 radical (unpaired) electrons. The standard InChI is InChI=1S/C20H29N5O.HI/c1-15(2)19-23-18(26-24-19)10-7-12-22-20(21-3)25-13-11-17(14-25)16-8-5-4-6-9-16;/h4-6,8-9,15,17H,7,10-14H2,1-3H3,(H,21,22);1H. The molecule has 0 saturated carbocycles. The van der Waals surface area contributed by atoms with Gasteiger partial charge in [-0.15, -0.1) is 24.0 Å². The fourth-order valence-electron chi connectivity index (χ4n) is 3.33. The maximum absolute atomic E-state index is 5.29. The SMILES string of the molecule is CN=C(NCCCc1nc(C(C)C)no1)N1CCC(c2ccccc2)C1.I. The molecule has 1 aromatic heterocycles. The first-order valence-corrected chi connectivity index (χ1v) is 9.50. The van der Waals surface area contributed by atoms with Crippen molar-refractivity contribution in [2.45, 2.75) is 44.9 Å². The van der Waals surface area contributed by atoms with Crippen LogP contribution in [0.25, 0.3) is 0 Å². The van der Waals surface area contributed by atoms with Gasteiger partial charge in [-0.05, 0) is 18.4 Å². The Balaban J connectivity index is 0.00000261. The van der Waals surface area contributed by atoms with E-state index in [-0.39, 0.29) is 24.0 Å². The number of halogens is 1. The number of benzene rings is 1. The van der Waals surface area contributed by atoms with Crippen molar-refractivity contribution in [1.82, 2.24) is 20.4 Å². The molecule has 27 heavy (non-hydrogen) atoms. The van der Waals surface area contributed by atoms with Gasteiger partial charge in [0, 0.05) is 44.9 Å². The summed E-state index contributed by atoms with van der Waals surface area (Å²) in [5.74, 6) is 3.38. The zero-order chi connectivity index (χ0) is 18.4. The number of likely N-dealkylation sites (tertiary alicyclic amines) is 1. The number of hydrogen-bond acceptors (Lipinski definition) is 4. The van der Waals surface area contributed by atoms with E-state index in [9.17, 15) is 0 Å². The van der Waals surface area contributed by atoms with E-state index in [1.54, 1.807) is 0 Å². The normalized spacial score (nSPS) is 17.3. The van der Waals surface area contributed by atoms with Gasteiger partial charge in [0.1, 0.15) is 0 Å². The number of aliphatic imine (C=N–C) groups is 1. The summed E-state index contributed by atoms with van der Waals surface area (Å²) in [5.41, 5.74) is 1.42. The van der Waals surface area contributed by atoms with Crippen molar-refractivity contribution in [3.63, 3.8) is 0 Å². The number of nitrogens with one attached hydrogen (secondary N) is 1. The number of rotatable bonds is 6. The van der Waals surface area contributed by atoms with E-state index in [1.807, 2.05) is 7.05 Å². The van der Waals surface area contributed by atoms with E-state index in [1.165, 1.54) is 12.0 Å². The Kier molecular flexibility index (Phi) is 8.53. The summed E-state index contributed by atoms with van der Waals surface area (Å²) in [7, 11) is 1.85. The summed E-state index contributed by atoms with van der Waals surface area (Å²) in [6.45, 7) is 7.04. The summed E-state index contributed by atoms with van der Waals surface area (Å²) in [6, 6.07) is 10.8. The van der Waals surface area contributed by atoms with Crippen LogP contribution in [0.5, 0.6) is 0 Å². The molecular weight excluding hydrogens is 453 g/mol. The van der Waals surface area contributed by atoms with Gasteiger partial charge in [0.05, 0.1) is 0 Å². The first-order valence-electron chi connectivity index (χ1n) is 9.50. The highest BCUT2D eigenvalue weighted by molar-refractivity contribution is 14.0. The van der Waals surface area contributed by atoms with Gasteiger partial charge in [-0.3, -0.25) is 4.99 Å². The molecule has 7 heteroatoms. The lowest BCUT2D eigenvalue weighted by Gasteiger charge is -2.21. The van der Waals surface area contributed by atoms with Crippen LogP contribution < -0.4 is 5.32 Å². The lowest BCUT2D eigenvalue weighted by molar-refractivity contribution is 0.368. The minimum Gasteiger partial charge on any atom is -0.356 e. The maximum Gasteiger partial charge on any atom is 0.226 e. The Labute approximate surface area is 178 Å². The molecular formula is C20H30IN5O. The predicted molar refractivity (Wildman–Crippen MR) is 119 cm³/mol. The van der Waals surface area contributed by atoms with Gasteiger partial charge >= 0.3 is 0 Å². The summed E-state index contributed by atoms with van der Waals surface area (Å²) >= 11 is 0. The summed E-state index contributed by atoms with van der Waals surface area (Å²) in [5, 5.41) is 7.48. The molecule has 1 N–H and O–H groups in total. The van der Waals surface area contributed by atoms with E-state index >= 15 is 0 Å². The number of nitrogens with zero attached hydrogens (tertiary/aromatic N) is 4. The van der Waals surface area contributed by atoms with Crippen LogP contribution in [-0.2, 0) is 6.42 Å². The van der Waals surface area contributed by atoms with Gasteiger partial charge < -0.3 is 14.7 Å². The Morgan fingerprint density at radius 1 is 1.33 bits per heavy atom. The van der Waals surface area contributed by atoms with Gasteiger partial charge in [-0.1, -0.05) is 49.3 Å². The highest BCUT2D eigenvalue weighted by atomic mass is 127. The molecule has 1 atom stereocenters. The molecule has 3 rings (SSSR count). The third-order valence-electron chi connectivity index (χ3n) is 4.82. The quantitative estimate of drug-likeness (QED) is 0.293. The number of aryl methyl sites for hydroxylation is 1. The average molecular weight is 483 g/mol. The average Bonchev–Trinajstić information content (AvgIpc) is 3.32. The van der Waals surface area contributed by atoms with Crippen molar-refractivity contribution < 1.29 is 4.52 Å². The third-order valence-corrected chi connectivity index (χ3v) is 4.82. The summed E-state index contributed by atoms with van der Waals surface area (Å²) in [4.78, 5) is 11.2. The number of aromatic nitrogens is 2. The molecule has 2 aromatic rings. The second-order valence-electron chi connectivity index (χ2n) is 7.12. The van der Waals surface area contributed by atoms with E-state index in [4.69, 9.17) is 4.52 Å². The topological polar surface area (TPSA) is 66.5 Å². The number of guanidine groups is 1. The maximum atomic E-state index is 5.29. The van der Waals surface area contributed by atoms with Crippen LogP contribution in [0.15, 0.2) is 39.8 Å². The van der Waals surface area contributed by atoms with Crippen LogP contribution in [0.3, 0.4) is 0 Å². The van der Waals surface area contributed by atoms with Gasteiger partial charge in [-0.25, -0.2) is 0 Å². The Morgan fingerprint density at radius 2 is 2.11 bits per heavy atom. The molecule has 2 heterocycles. The molecule has 1 aliphatic heterocycles. The molecule has 0 spiro atoms. The molecule has 1 saturated heterocycles. The fraction of sp³-hybridized carbons (Fsp3) is 0.550. The van der Waals surface area contributed by atoms with Gasteiger partial charge in [0.15, 0.2) is 11.8 Å².